The third kappa shape index (κ3) is 5.47. The highest BCUT2D eigenvalue weighted by atomic mass is 16.5. The number of benzene rings is 1. The van der Waals surface area contributed by atoms with Gasteiger partial charge >= 0.3 is 5.97 Å². The molecule has 0 aromatic heterocycles. The van der Waals surface area contributed by atoms with Gasteiger partial charge in [0.25, 0.3) is 5.91 Å². The van der Waals surface area contributed by atoms with E-state index in [-0.39, 0.29) is 12.0 Å². The maximum absolute atomic E-state index is 13.1. The maximum Gasteiger partial charge on any atom is 0.341 e. The molecule has 1 aliphatic carbocycles. The van der Waals surface area contributed by atoms with E-state index in [2.05, 4.69) is 5.32 Å². The number of ether oxygens (including phenoxy) is 3. The summed E-state index contributed by atoms with van der Waals surface area (Å²) in [6.07, 6.45) is 6.17. The van der Waals surface area contributed by atoms with E-state index in [4.69, 9.17) is 14.2 Å². The molecule has 6 nitrogen and oxygen atoms in total. The molecule has 1 amide bonds. The van der Waals surface area contributed by atoms with Crippen LogP contribution in [0.5, 0.6) is 5.75 Å². The lowest BCUT2D eigenvalue weighted by atomic mass is 9.83. The minimum atomic E-state index is -0.786. The van der Waals surface area contributed by atoms with E-state index in [1.54, 1.807) is 18.2 Å². The average Bonchev–Trinajstić information content (AvgIpc) is 2.73. The Balaban J connectivity index is 2.23. The molecule has 1 aliphatic rings. The van der Waals surface area contributed by atoms with E-state index in [1.165, 1.54) is 7.11 Å². The summed E-state index contributed by atoms with van der Waals surface area (Å²) < 4.78 is 16.7. The predicted octanol–water partition coefficient (Wildman–Crippen LogP) is 4.72. The fraction of sp³-hybridized carbons (Fsp3) is 0.636. The summed E-state index contributed by atoms with van der Waals surface area (Å²) in [5, 5.41) is 2.95. The van der Waals surface area contributed by atoms with Crippen LogP contribution in [0.3, 0.4) is 0 Å². The number of amides is 1. The van der Waals surface area contributed by atoms with Crippen LogP contribution in [-0.2, 0) is 14.3 Å². The van der Waals surface area contributed by atoms with Gasteiger partial charge in [0, 0.05) is 12.3 Å². The van der Waals surface area contributed by atoms with Gasteiger partial charge in [-0.3, -0.25) is 4.79 Å². The summed E-state index contributed by atoms with van der Waals surface area (Å²) in [6.45, 7) is 6.54. The maximum atomic E-state index is 13.1. The van der Waals surface area contributed by atoms with Crippen LogP contribution in [0.25, 0.3) is 0 Å². The van der Waals surface area contributed by atoms with Gasteiger partial charge in [-0.15, -0.1) is 0 Å². The van der Waals surface area contributed by atoms with Gasteiger partial charge in [0.15, 0.2) is 0 Å². The van der Waals surface area contributed by atoms with E-state index >= 15 is 0 Å². The minimum absolute atomic E-state index is 0.0307. The third-order valence-corrected chi connectivity index (χ3v) is 5.20. The summed E-state index contributed by atoms with van der Waals surface area (Å²) in [4.78, 5) is 25.3. The van der Waals surface area contributed by atoms with E-state index in [9.17, 15) is 9.59 Å². The van der Waals surface area contributed by atoms with E-state index < -0.39 is 11.6 Å². The number of methoxy groups -OCH3 is 1. The number of hydrogen-bond donors (Lipinski definition) is 1. The van der Waals surface area contributed by atoms with Crippen molar-refractivity contribution in [1.82, 2.24) is 0 Å². The van der Waals surface area contributed by atoms with Crippen molar-refractivity contribution >= 4 is 17.6 Å². The second-order valence-electron chi connectivity index (χ2n) is 7.40. The predicted molar refractivity (Wildman–Crippen MR) is 109 cm³/mol. The highest BCUT2D eigenvalue weighted by Gasteiger charge is 2.40. The number of rotatable bonds is 9. The van der Waals surface area contributed by atoms with Gasteiger partial charge in [0.1, 0.15) is 16.9 Å². The molecule has 0 saturated heterocycles. The lowest BCUT2D eigenvalue weighted by molar-refractivity contribution is -0.146. The number of nitrogens with one attached hydrogen (secondary N) is 1. The topological polar surface area (TPSA) is 73.9 Å². The first kappa shape index (κ1) is 22.2. The molecule has 28 heavy (non-hydrogen) atoms. The Hall–Kier alpha value is -2.08. The van der Waals surface area contributed by atoms with Gasteiger partial charge in [0.2, 0.25) is 0 Å². The first-order valence-electron chi connectivity index (χ1n) is 10.3. The normalized spacial score (nSPS) is 16.9. The van der Waals surface area contributed by atoms with Crippen LogP contribution in [0.4, 0.5) is 5.69 Å². The second kappa shape index (κ2) is 10.5. The van der Waals surface area contributed by atoms with Crippen LogP contribution < -0.4 is 10.1 Å². The number of carbonyl (C=O) groups is 2. The number of anilines is 1. The molecule has 1 N–H and O–H groups in total. The summed E-state index contributed by atoms with van der Waals surface area (Å²) >= 11 is 0. The van der Waals surface area contributed by atoms with Crippen LogP contribution in [0.2, 0.25) is 0 Å². The highest BCUT2D eigenvalue weighted by molar-refractivity contribution is 5.99. The molecule has 0 radical (unpaired) electrons. The first-order chi connectivity index (χ1) is 13.5. The average molecular weight is 392 g/mol. The van der Waals surface area contributed by atoms with Crippen LogP contribution in [-0.4, -0.2) is 37.3 Å². The molecule has 156 valence electrons. The molecule has 0 bridgehead atoms. The molecule has 0 heterocycles. The van der Waals surface area contributed by atoms with E-state index in [0.717, 1.165) is 44.9 Å². The number of esters is 1. The Morgan fingerprint density at radius 1 is 1.18 bits per heavy atom. The standard InChI is InChI=1S/C22H33NO5/c1-5-14-27-22(12-8-7-9-13-22)21(25)23-17-10-11-19(28-16(3)6-2)18(15-17)20(24)26-4/h10-11,15-16H,5-9,12-14H2,1-4H3,(H,23,25). The van der Waals surface area contributed by atoms with Gasteiger partial charge in [0.05, 0.1) is 13.2 Å². The van der Waals surface area contributed by atoms with Crippen molar-refractivity contribution < 1.29 is 23.8 Å². The highest BCUT2D eigenvalue weighted by Crippen LogP contribution is 2.34. The summed E-state index contributed by atoms with van der Waals surface area (Å²) in [5.74, 6) is -0.190. The molecule has 1 atom stereocenters. The molecule has 1 fully saturated rings. The monoisotopic (exact) mass is 391 g/mol. The smallest absolute Gasteiger partial charge is 0.341 e. The van der Waals surface area contributed by atoms with Crippen LogP contribution in [0.1, 0.15) is 76.1 Å². The molecule has 2 rings (SSSR count). The third-order valence-electron chi connectivity index (χ3n) is 5.20. The van der Waals surface area contributed by atoms with Crippen molar-refractivity contribution in [2.24, 2.45) is 0 Å². The zero-order chi connectivity index (χ0) is 20.6. The largest absolute Gasteiger partial charge is 0.490 e. The summed E-state index contributed by atoms with van der Waals surface area (Å²) in [5.41, 5.74) is 0.0469. The lowest BCUT2D eigenvalue weighted by Crippen LogP contribution is -2.47. The Kier molecular flexibility index (Phi) is 8.30. The Morgan fingerprint density at radius 3 is 2.50 bits per heavy atom. The van der Waals surface area contributed by atoms with Gasteiger partial charge < -0.3 is 19.5 Å². The fourth-order valence-corrected chi connectivity index (χ4v) is 3.38. The zero-order valence-corrected chi connectivity index (χ0v) is 17.5. The van der Waals surface area contributed by atoms with Crippen LogP contribution >= 0.6 is 0 Å². The summed E-state index contributed by atoms with van der Waals surface area (Å²) in [6, 6.07) is 5.06. The molecule has 1 saturated carbocycles. The lowest BCUT2D eigenvalue weighted by Gasteiger charge is -2.35. The fourth-order valence-electron chi connectivity index (χ4n) is 3.38. The Bertz CT molecular complexity index is 667. The zero-order valence-electron chi connectivity index (χ0n) is 17.5. The Morgan fingerprint density at radius 2 is 1.89 bits per heavy atom. The molecular weight excluding hydrogens is 358 g/mol. The van der Waals surface area contributed by atoms with Crippen molar-refractivity contribution in [1.29, 1.82) is 0 Å². The first-order valence-corrected chi connectivity index (χ1v) is 10.3. The molecular formula is C22H33NO5. The van der Waals surface area contributed by atoms with E-state index in [1.807, 2.05) is 20.8 Å². The van der Waals surface area contributed by atoms with Crippen molar-refractivity contribution in [3.05, 3.63) is 23.8 Å². The molecule has 1 aromatic carbocycles. The molecule has 6 heteroatoms. The molecule has 1 aromatic rings. The van der Waals surface area contributed by atoms with Crippen molar-refractivity contribution in [2.75, 3.05) is 19.0 Å². The Labute approximate surface area is 167 Å². The number of hydrogen-bond acceptors (Lipinski definition) is 5. The van der Waals surface area contributed by atoms with Crippen LogP contribution in [0.15, 0.2) is 18.2 Å². The van der Waals surface area contributed by atoms with Gasteiger partial charge in [-0.2, -0.15) is 0 Å². The minimum Gasteiger partial charge on any atom is -0.490 e. The molecule has 0 aliphatic heterocycles. The second-order valence-corrected chi connectivity index (χ2v) is 7.40. The van der Waals surface area contributed by atoms with Crippen molar-refractivity contribution in [3.8, 4) is 5.75 Å². The molecule has 1 unspecified atom stereocenters. The summed E-state index contributed by atoms with van der Waals surface area (Å²) in [7, 11) is 1.33. The van der Waals surface area contributed by atoms with Gasteiger partial charge in [-0.1, -0.05) is 33.1 Å². The molecule has 0 spiro atoms. The van der Waals surface area contributed by atoms with E-state index in [0.29, 0.717) is 23.6 Å². The van der Waals surface area contributed by atoms with Crippen molar-refractivity contribution in [3.63, 3.8) is 0 Å². The van der Waals surface area contributed by atoms with Crippen LogP contribution in [0, 0.1) is 0 Å². The quantitative estimate of drug-likeness (QED) is 0.617. The SMILES string of the molecule is CCCOC1(C(=O)Nc2ccc(OC(C)CC)c(C(=O)OC)c2)CCCCC1. The van der Waals surface area contributed by atoms with Gasteiger partial charge in [-0.25, -0.2) is 4.79 Å². The van der Waals surface area contributed by atoms with Gasteiger partial charge in [-0.05, 0) is 50.8 Å². The number of carbonyl (C=O) groups excluding carboxylic acids is 2. The van der Waals surface area contributed by atoms with Crippen molar-refractivity contribution in [2.45, 2.75) is 77.4 Å².